The Morgan fingerprint density at radius 2 is 1.71 bits per heavy atom. The maximum Gasteiger partial charge on any atom is 0.410 e. The first-order chi connectivity index (χ1) is 9.69. The number of carbonyl (C=O) groups excluding carboxylic acids is 1. The van der Waals surface area contributed by atoms with E-state index in [4.69, 9.17) is 10.5 Å². The van der Waals surface area contributed by atoms with E-state index >= 15 is 0 Å². The summed E-state index contributed by atoms with van der Waals surface area (Å²) in [5, 5.41) is 0. The molecule has 6 nitrogen and oxygen atoms in total. The van der Waals surface area contributed by atoms with Gasteiger partial charge < -0.3 is 20.3 Å². The summed E-state index contributed by atoms with van der Waals surface area (Å²) in [5.74, 6) is 1.21. The van der Waals surface area contributed by atoms with E-state index in [1.807, 2.05) is 25.7 Å². The van der Waals surface area contributed by atoms with Gasteiger partial charge in [0.1, 0.15) is 5.60 Å². The second kappa shape index (κ2) is 7.52. The molecule has 0 aromatic heterocycles. The molecule has 0 unspecified atom stereocenters. The number of amides is 1. The van der Waals surface area contributed by atoms with Crippen molar-refractivity contribution in [1.29, 1.82) is 0 Å². The number of guanidine groups is 1. The van der Waals surface area contributed by atoms with Crippen molar-refractivity contribution < 1.29 is 9.53 Å². The van der Waals surface area contributed by atoms with E-state index in [0.717, 1.165) is 13.0 Å². The van der Waals surface area contributed by atoms with Crippen molar-refractivity contribution in [1.82, 2.24) is 9.80 Å². The van der Waals surface area contributed by atoms with Gasteiger partial charge in [0.2, 0.25) is 0 Å². The van der Waals surface area contributed by atoms with Gasteiger partial charge in [-0.05, 0) is 33.1 Å². The fourth-order valence-electron chi connectivity index (χ4n) is 1.98. The molecule has 122 valence electrons. The number of rotatable bonds is 3. The van der Waals surface area contributed by atoms with Crippen LogP contribution in [0.5, 0.6) is 0 Å². The number of nitrogens with zero attached hydrogens (tertiary/aromatic N) is 3. The predicted octanol–water partition coefficient (Wildman–Crippen LogP) is 1.90. The Balaban J connectivity index is 2.39. The molecule has 0 saturated carbocycles. The van der Waals surface area contributed by atoms with Crippen molar-refractivity contribution in [2.45, 2.75) is 46.6 Å². The van der Waals surface area contributed by atoms with E-state index in [1.165, 1.54) is 0 Å². The number of hydrogen-bond donors (Lipinski definition) is 1. The summed E-state index contributed by atoms with van der Waals surface area (Å²) in [6.07, 6.45) is 0.788. The van der Waals surface area contributed by atoms with Crippen molar-refractivity contribution in [3.8, 4) is 0 Å². The van der Waals surface area contributed by atoms with E-state index in [2.05, 4.69) is 18.8 Å². The van der Waals surface area contributed by atoms with Crippen LogP contribution >= 0.6 is 0 Å². The Hall–Kier alpha value is -1.46. The molecule has 1 saturated heterocycles. The average molecular weight is 298 g/mol. The second-order valence-corrected chi connectivity index (χ2v) is 6.88. The van der Waals surface area contributed by atoms with Gasteiger partial charge in [0.25, 0.3) is 0 Å². The van der Waals surface area contributed by atoms with Gasteiger partial charge >= 0.3 is 6.09 Å². The van der Waals surface area contributed by atoms with Crippen molar-refractivity contribution in [3.63, 3.8) is 0 Å². The topological polar surface area (TPSA) is 71.2 Å². The molecule has 1 heterocycles. The molecule has 1 rings (SSSR count). The first-order valence-corrected chi connectivity index (χ1v) is 7.72. The fraction of sp³-hybridized carbons (Fsp3) is 0.867. The number of carbonyl (C=O) groups is 1. The van der Waals surface area contributed by atoms with Crippen LogP contribution in [-0.2, 0) is 4.74 Å². The zero-order valence-corrected chi connectivity index (χ0v) is 14.1. The molecular formula is C15H30N4O2. The Bertz CT molecular complexity index is 366. The van der Waals surface area contributed by atoms with Gasteiger partial charge in [0.05, 0.1) is 0 Å². The molecule has 6 heteroatoms. The summed E-state index contributed by atoms with van der Waals surface area (Å²) in [6, 6.07) is 0. The fourth-order valence-corrected chi connectivity index (χ4v) is 1.98. The van der Waals surface area contributed by atoms with E-state index in [-0.39, 0.29) is 6.09 Å². The molecule has 1 aliphatic heterocycles. The lowest BCUT2D eigenvalue weighted by atomic mass is 10.1. The molecule has 0 radical (unpaired) electrons. The lowest BCUT2D eigenvalue weighted by Gasteiger charge is -2.36. The van der Waals surface area contributed by atoms with Gasteiger partial charge in [0, 0.05) is 32.7 Å². The van der Waals surface area contributed by atoms with Crippen LogP contribution in [-0.4, -0.2) is 60.2 Å². The Labute approximate surface area is 128 Å². The van der Waals surface area contributed by atoms with Crippen LogP contribution in [0.15, 0.2) is 4.99 Å². The van der Waals surface area contributed by atoms with Gasteiger partial charge in [-0.3, -0.25) is 4.99 Å². The summed E-state index contributed by atoms with van der Waals surface area (Å²) in [4.78, 5) is 20.1. The molecule has 0 spiro atoms. The van der Waals surface area contributed by atoms with Crippen LogP contribution in [0, 0.1) is 5.92 Å². The molecule has 0 aliphatic carbocycles. The zero-order valence-electron chi connectivity index (χ0n) is 14.1. The molecular weight excluding hydrogens is 268 g/mol. The summed E-state index contributed by atoms with van der Waals surface area (Å²) >= 11 is 0. The van der Waals surface area contributed by atoms with E-state index in [9.17, 15) is 4.79 Å². The highest BCUT2D eigenvalue weighted by molar-refractivity contribution is 5.78. The lowest BCUT2D eigenvalue weighted by molar-refractivity contribution is 0.0186. The molecule has 1 amide bonds. The minimum Gasteiger partial charge on any atom is -0.444 e. The molecule has 1 fully saturated rings. The molecule has 0 atom stereocenters. The molecule has 1 aliphatic rings. The largest absolute Gasteiger partial charge is 0.444 e. The van der Waals surface area contributed by atoms with Gasteiger partial charge in [0.15, 0.2) is 5.96 Å². The van der Waals surface area contributed by atoms with Crippen LogP contribution < -0.4 is 5.73 Å². The third-order valence-corrected chi connectivity index (χ3v) is 3.24. The molecule has 2 N–H and O–H groups in total. The summed E-state index contributed by atoms with van der Waals surface area (Å²) in [5.41, 5.74) is 5.55. The van der Waals surface area contributed by atoms with Crippen molar-refractivity contribution in [2.75, 3.05) is 32.7 Å². The summed E-state index contributed by atoms with van der Waals surface area (Å²) < 4.78 is 5.37. The van der Waals surface area contributed by atoms with Crippen molar-refractivity contribution >= 4 is 12.1 Å². The highest BCUT2D eigenvalue weighted by Gasteiger charge is 2.26. The van der Waals surface area contributed by atoms with Crippen LogP contribution in [0.25, 0.3) is 0 Å². The van der Waals surface area contributed by atoms with E-state index in [1.54, 1.807) is 4.90 Å². The third kappa shape index (κ3) is 6.69. The van der Waals surface area contributed by atoms with Crippen molar-refractivity contribution in [2.24, 2.45) is 16.6 Å². The number of piperazine rings is 1. The van der Waals surface area contributed by atoms with Gasteiger partial charge in [-0.25, -0.2) is 4.79 Å². The SMILES string of the molecule is CC(C)CCN=C(N)N1CCN(C(=O)OC(C)(C)C)CC1. The van der Waals surface area contributed by atoms with Crippen LogP contribution in [0.3, 0.4) is 0 Å². The standard InChI is InChI=1S/C15H30N4O2/c1-12(2)6-7-17-13(16)18-8-10-19(11-9-18)14(20)21-15(3,4)5/h12H,6-11H2,1-5H3,(H2,16,17). The van der Waals surface area contributed by atoms with Gasteiger partial charge in [-0.1, -0.05) is 13.8 Å². The highest BCUT2D eigenvalue weighted by atomic mass is 16.6. The normalized spacial score (nSPS) is 17.3. The number of hydrogen-bond acceptors (Lipinski definition) is 3. The Morgan fingerprint density at radius 3 is 2.19 bits per heavy atom. The quantitative estimate of drug-likeness (QED) is 0.638. The molecule has 0 aromatic carbocycles. The zero-order chi connectivity index (χ0) is 16.0. The van der Waals surface area contributed by atoms with Crippen molar-refractivity contribution in [3.05, 3.63) is 0 Å². The van der Waals surface area contributed by atoms with Crippen LogP contribution in [0.1, 0.15) is 41.0 Å². The third-order valence-electron chi connectivity index (χ3n) is 3.24. The maximum atomic E-state index is 12.0. The van der Waals surface area contributed by atoms with Crippen LogP contribution in [0.2, 0.25) is 0 Å². The average Bonchev–Trinajstić information content (AvgIpc) is 2.36. The molecule has 0 aromatic rings. The molecule has 21 heavy (non-hydrogen) atoms. The second-order valence-electron chi connectivity index (χ2n) is 6.88. The lowest BCUT2D eigenvalue weighted by Crippen LogP contribution is -2.53. The minimum absolute atomic E-state index is 0.252. The minimum atomic E-state index is -0.453. The highest BCUT2D eigenvalue weighted by Crippen LogP contribution is 2.11. The number of ether oxygens (including phenoxy) is 1. The summed E-state index contributed by atoms with van der Waals surface area (Å²) in [7, 11) is 0. The predicted molar refractivity (Wildman–Crippen MR) is 85.3 cm³/mol. The Morgan fingerprint density at radius 1 is 1.19 bits per heavy atom. The van der Waals surface area contributed by atoms with Gasteiger partial charge in [-0.2, -0.15) is 0 Å². The first kappa shape index (κ1) is 17.6. The smallest absolute Gasteiger partial charge is 0.410 e. The summed E-state index contributed by atoms with van der Waals surface area (Å²) in [6.45, 7) is 13.4. The van der Waals surface area contributed by atoms with Gasteiger partial charge in [-0.15, -0.1) is 0 Å². The molecule has 0 bridgehead atoms. The van der Waals surface area contributed by atoms with Crippen LogP contribution in [0.4, 0.5) is 4.79 Å². The monoisotopic (exact) mass is 298 g/mol. The Kier molecular flexibility index (Phi) is 6.30. The number of nitrogens with two attached hydrogens (primary N) is 1. The number of aliphatic imine (C=N–C) groups is 1. The van der Waals surface area contributed by atoms with E-state index < -0.39 is 5.60 Å². The first-order valence-electron chi connectivity index (χ1n) is 7.72. The van der Waals surface area contributed by atoms with E-state index in [0.29, 0.717) is 38.1 Å². The maximum absolute atomic E-state index is 12.0.